The van der Waals surface area contributed by atoms with Crippen molar-refractivity contribution in [2.24, 2.45) is 23.7 Å². The molecule has 0 heterocycles. The number of hydrogen-bond acceptors (Lipinski definition) is 0. The average Bonchev–Trinajstić information content (AvgIpc) is 2.24. The molecule has 0 saturated carbocycles. The van der Waals surface area contributed by atoms with E-state index >= 15 is 0 Å². The van der Waals surface area contributed by atoms with Gasteiger partial charge in [0.05, 0.1) is 0 Å². The normalized spacial score (nSPS) is 16.4. The molecule has 0 radical (unpaired) electrons. The molecule has 3 atom stereocenters. The summed E-state index contributed by atoms with van der Waals surface area (Å²) in [7, 11) is 0. The fraction of sp³-hybridized carbons (Fsp3) is 0.778. The van der Waals surface area contributed by atoms with Crippen LogP contribution in [0, 0.1) is 23.7 Å². The molecule has 0 aliphatic rings. The Morgan fingerprint density at radius 3 is 1.94 bits per heavy atom. The zero-order chi connectivity index (χ0) is 14.3. The summed E-state index contributed by atoms with van der Waals surface area (Å²) in [5.41, 5.74) is 2.75. The van der Waals surface area contributed by atoms with Gasteiger partial charge in [0.2, 0.25) is 0 Å². The summed E-state index contributed by atoms with van der Waals surface area (Å²) in [6.45, 7) is 22.1. The van der Waals surface area contributed by atoms with Gasteiger partial charge in [-0.15, -0.1) is 6.58 Å². The van der Waals surface area contributed by atoms with E-state index in [4.69, 9.17) is 0 Å². The molecule has 0 heteroatoms. The van der Waals surface area contributed by atoms with Crippen molar-refractivity contribution in [3.63, 3.8) is 0 Å². The van der Waals surface area contributed by atoms with Crippen molar-refractivity contribution >= 4 is 0 Å². The molecule has 0 spiro atoms. The van der Waals surface area contributed by atoms with Gasteiger partial charge in [-0.2, -0.15) is 0 Å². The first-order valence-corrected chi connectivity index (χ1v) is 7.56. The van der Waals surface area contributed by atoms with Crippen molar-refractivity contribution in [3.05, 3.63) is 24.3 Å². The first-order chi connectivity index (χ1) is 8.23. The van der Waals surface area contributed by atoms with Gasteiger partial charge in [-0.3, -0.25) is 0 Å². The molecule has 0 aliphatic carbocycles. The van der Waals surface area contributed by atoms with Crippen molar-refractivity contribution in [2.75, 3.05) is 0 Å². The predicted octanol–water partition coefficient (Wildman–Crippen LogP) is 6.24. The molecule has 0 aromatic heterocycles. The van der Waals surface area contributed by atoms with Crippen LogP contribution < -0.4 is 0 Å². The maximum Gasteiger partial charge on any atom is -0.0232 e. The largest absolute Gasteiger partial charge is 0.100 e. The Hall–Kier alpha value is -0.520. The highest BCUT2D eigenvalue weighted by Gasteiger charge is 2.16. The van der Waals surface area contributed by atoms with Crippen LogP contribution in [0.2, 0.25) is 0 Å². The van der Waals surface area contributed by atoms with Crippen LogP contribution in [0.5, 0.6) is 0 Å². The van der Waals surface area contributed by atoms with Crippen LogP contribution in [0.15, 0.2) is 24.3 Å². The van der Waals surface area contributed by atoms with Crippen molar-refractivity contribution in [1.82, 2.24) is 0 Å². The van der Waals surface area contributed by atoms with E-state index in [1.807, 2.05) is 0 Å². The van der Waals surface area contributed by atoms with Gasteiger partial charge in [-0.1, -0.05) is 52.3 Å². The molecule has 0 aromatic rings. The minimum absolute atomic E-state index is 0.667. The smallest absolute Gasteiger partial charge is 0.0232 e. The molecule has 0 amide bonds. The summed E-state index contributed by atoms with van der Waals surface area (Å²) < 4.78 is 0. The first kappa shape index (κ1) is 17.5. The molecule has 0 fully saturated rings. The zero-order valence-electron chi connectivity index (χ0n) is 13.6. The average molecular weight is 250 g/mol. The molecule has 18 heavy (non-hydrogen) atoms. The summed E-state index contributed by atoms with van der Waals surface area (Å²) in [6, 6.07) is 0. The summed E-state index contributed by atoms with van der Waals surface area (Å²) in [6.07, 6.45) is 4.89. The Morgan fingerprint density at radius 2 is 1.50 bits per heavy atom. The van der Waals surface area contributed by atoms with Crippen LogP contribution in [-0.4, -0.2) is 0 Å². The third-order valence-electron chi connectivity index (χ3n) is 4.10. The quantitative estimate of drug-likeness (QED) is 0.425. The van der Waals surface area contributed by atoms with Crippen LogP contribution in [0.3, 0.4) is 0 Å². The van der Waals surface area contributed by atoms with Gasteiger partial charge in [-0.05, 0) is 56.3 Å². The molecule has 0 saturated heterocycles. The Kier molecular flexibility index (Phi) is 8.31. The minimum atomic E-state index is 0.667. The predicted molar refractivity (Wildman–Crippen MR) is 84.8 cm³/mol. The highest BCUT2D eigenvalue weighted by Crippen LogP contribution is 2.29. The second-order valence-corrected chi connectivity index (χ2v) is 6.84. The maximum absolute atomic E-state index is 4.31. The molecular weight excluding hydrogens is 216 g/mol. The zero-order valence-corrected chi connectivity index (χ0v) is 13.6. The molecule has 0 aliphatic heterocycles. The second-order valence-electron chi connectivity index (χ2n) is 6.84. The molecule has 0 aromatic carbocycles. The third kappa shape index (κ3) is 7.74. The standard InChI is InChI=1S/C18H34/c1-13(2)9-10-15(5)17(7)12-18(8)16(6)11-14(3)4/h14-17H,1,8-12H2,2-7H3. The van der Waals surface area contributed by atoms with Gasteiger partial charge in [0.1, 0.15) is 0 Å². The van der Waals surface area contributed by atoms with Gasteiger partial charge in [0.25, 0.3) is 0 Å². The molecule has 0 bridgehead atoms. The summed E-state index contributed by atoms with van der Waals surface area (Å²) in [5, 5.41) is 0. The van der Waals surface area contributed by atoms with Crippen molar-refractivity contribution in [1.29, 1.82) is 0 Å². The number of allylic oxidation sites excluding steroid dienone is 2. The number of rotatable bonds is 9. The lowest BCUT2D eigenvalue weighted by molar-refractivity contribution is 0.347. The molecule has 0 nitrogen and oxygen atoms in total. The van der Waals surface area contributed by atoms with E-state index in [1.54, 1.807) is 0 Å². The van der Waals surface area contributed by atoms with Crippen LogP contribution >= 0.6 is 0 Å². The van der Waals surface area contributed by atoms with Crippen molar-refractivity contribution < 1.29 is 0 Å². The SMILES string of the molecule is C=C(C)CCC(C)C(C)CC(=C)C(C)CC(C)C. The maximum atomic E-state index is 4.31. The molecule has 3 unspecified atom stereocenters. The Bertz CT molecular complexity index is 259. The van der Waals surface area contributed by atoms with E-state index in [0.29, 0.717) is 5.92 Å². The Morgan fingerprint density at radius 1 is 0.944 bits per heavy atom. The molecule has 0 N–H and O–H groups in total. The summed E-state index contributed by atoms with van der Waals surface area (Å²) >= 11 is 0. The van der Waals surface area contributed by atoms with Gasteiger partial charge < -0.3 is 0 Å². The Balaban J connectivity index is 4.09. The molecular formula is C18H34. The highest BCUT2D eigenvalue weighted by molar-refractivity contribution is 5.01. The molecule has 0 rings (SSSR count). The van der Waals surface area contributed by atoms with E-state index in [0.717, 1.165) is 17.8 Å². The Labute approximate surface area is 116 Å². The van der Waals surface area contributed by atoms with E-state index in [9.17, 15) is 0 Å². The van der Waals surface area contributed by atoms with Gasteiger partial charge in [-0.25, -0.2) is 0 Å². The van der Waals surface area contributed by atoms with E-state index in [2.05, 4.69) is 54.7 Å². The molecule has 106 valence electrons. The lowest BCUT2D eigenvalue weighted by Crippen LogP contribution is -2.12. The lowest BCUT2D eigenvalue weighted by Gasteiger charge is -2.24. The van der Waals surface area contributed by atoms with E-state index < -0.39 is 0 Å². The summed E-state index contributed by atoms with van der Waals surface area (Å²) in [5.74, 6) is 2.95. The van der Waals surface area contributed by atoms with Crippen molar-refractivity contribution in [3.8, 4) is 0 Å². The second kappa shape index (κ2) is 8.56. The fourth-order valence-electron chi connectivity index (χ4n) is 2.45. The minimum Gasteiger partial charge on any atom is -0.100 e. The first-order valence-electron chi connectivity index (χ1n) is 7.56. The van der Waals surface area contributed by atoms with Crippen LogP contribution in [0.1, 0.15) is 67.2 Å². The van der Waals surface area contributed by atoms with Crippen molar-refractivity contribution in [2.45, 2.75) is 67.2 Å². The van der Waals surface area contributed by atoms with Crippen LogP contribution in [-0.2, 0) is 0 Å². The summed E-state index contributed by atoms with van der Waals surface area (Å²) in [4.78, 5) is 0. The monoisotopic (exact) mass is 250 g/mol. The van der Waals surface area contributed by atoms with Crippen LogP contribution in [0.25, 0.3) is 0 Å². The van der Waals surface area contributed by atoms with E-state index in [1.165, 1.54) is 36.8 Å². The van der Waals surface area contributed by atoms with Crippen LogP contribution in [0.4, 0.5) is 0 Å². The third-order valence-corrected chi connectivity index (χ3v) is 4.10. The van der Waals surface area contributed by atoms with Gasteiger partial charge in [0.15, 0.2) is 0 Å². The highest BCUT2D eigenvalue weighted by atomic mass is 14.2. The van der Waals surface area contributed by atoms with Gasteiger partial charge in [0, 0.05) is 0 Å². The topological polar surface area (TPSA) is 0 Å². The number of hydrogen-bond donors (Lipinski definition) is 0. The fourth-order valence-corrected chi connectivity index (χ4v) is 2.45. The van der Waals surface area contributed by atoms with Gasteiger partial charge >= 0.3 is 0 Å². The van der Waals surface area contributed by atoms with E-state index in [-0.39, 0.29) is 0 Å². The lowest BCUT2D eigenvalue weighted by atomic mass is 9.81.